The van der Waals surface area contributed by atoms with E-state index in [0.717, 1.165) is 30.6 Å². The fraction of sp³-hybridized carbons (Fsp3) is 0.333. The van der Waals surface area contributed by atoms with Crippen LogP contribution in [0.1, 0.15) is 37.9 Å². The van der Waals surface area contributed by atoms with E-state index >= 15 is 0 Å². The van der Waals surface area contributed by atoms with Crippen molar-refractivity contribution in [1.82, 2.24) is 0 Å². The Morgan fingerprint density at radius 2 is 1.50 bits per heavy atom. The van der Waals surface area contributed by atoms with Crippen LogP contribution in [0.3, 0.4) is 0 Å². The van der Waals surface area contributed by atoms with Gasteiger partial charge in [0.25, 0.3) is 0 Å². The van der Waals surface area contributed by atoms with Crippen molar-refractivity contribution in [2.45, 2.75) is 32.3 Å². The molecule has 1 atom stereocenters. The Morgan fingerprint density at radius 3 is 1.95 bits per heavy atom. The fourth-order valence-electron chi connectivity index (χ4n) is 1.80. The summed E-state index contributed by atoms with van der Waals surface area (Å²) in [7, 11) is 1.66. The molecule has 2 aromatic carbocycles. The van der Waals surface area contributed by atoms with Gasteiger partial charge in [-0.15, -0.1) is 0 Å². The second-order valence-corrected chi connectivity index (χ2v) is 4.59. The van der Waals surface area contributed by atoms with Crippen LogP contribution in [-0.4, -0.2) is 12.2 Å². The van der Waals surface area contributed by atoms with Crippen LogP contribution < -0.4 is 4.74 Å². The number of hydrogen-bond acceptors (Lipinski definition) is 2. The van der Waals surface area contributed by atoms with Gasteiger partial charge in [0.2, 0.25) is 0 Å². The standard InChI is InChI=1S/C11H16O.C7H8O/c1-2-3-9-11(12)10-7-5-4-6-8-10;1-8-7-5-3-2-4-6-7/h4-8,11-12H,2-3,9H2,1H3;2-6H,1H3. The van der Waals surface area contributed by atoms with E-state index in [9.17, 15) is 5.11 Å². The van der Waals surface area contributed by atoms with E-state index in [-0.39, 0.29) is 6.10 Å². The summed E-state index contributed by atoms with van der Waals surface area (Å²) in [4.78, 5) is 0. The summed E-state index contributed by atoms with van der Waals surface area (Å²) in [5, 5.41) is 9.65. The molecule has 108 valence electrons. The van der Waals surface area contributed by atoms with Gasteiger partial charge in [-0.1, -0.05) is 68.3 Å². The maximum Gasteiger partial charge on any atom is 0.118 e. The molecule has 0 heterocycles. The van der Waals surface area contributed by atoms with E-state index in [2.05, 4.69) is 6.92 Å². The molecular weight excluding hydrogens is 248 g/mol. The lowest BCUT2D eigenvalue weighted by molar-refractivity contribution is 0.164. The Hall–Kier alpha value is -1.80. The quantitative estimate of drug-likeness (QED) is 0.861. The summed E-state index contributed by atoms with van der Waals surface area (Å²) in [6.45, 7) is 2.14. The number of ether oxygens (including phenoxy) is 1. The third-order valence-electron chi connectivity index (χ3n) is 2.99. The Labute approximate surface area is 122 Å². The zero-order chi connectivity index (χ0) is 14.6. The van der Waals surface area contributed by atoms with Crippen molar-refractivity contribution < 1.29 is 9.84 Å². The maximum absolute atomic E-state index is 9.65. The minimum absolute atomic E-state index is 0.272. The minimum Gasteiger partial charge on any atom is -0.497 e. The molecule has 0 aromatic heterocycles. The topological polar surface area (TPSA) is 29.5 Å². The van der Waals surface area contributed by atoms with Crippen molar-refractivity contribution in [3.8, 4) is 5.75 Å². The van der Waals surface area contributed by atoms with E-state index in [1.165, 1.54) is 0 Å². The summed E-state index contributed by atoms with van der Waals surface area (Å²) >= 11 is 0. The number of unbranched alkanes of at least 4 members (excludes halogenated alkanes) is 1. The lowest BCUT2D eigenvalue weighted by Crippen LogP contribution is -1.95. The van der Waals surface area contributed by atoms with Crippen LogP contribution in [-0.2, 0) is 0 Å². The van der Waals surface area contributed by atoms with Crippen molar-refractivity contribution in [1.29, 1.82) is 0 Å². The van der Waals surface area contributed by atoms with Gasteiger partial charge in [0, 0.05) is 0 Å². The minimum atomic E-state index is -0.272. The number of hydrogen-bond donors (Lipinski definition) is 1. The lowest BCUT2D eigenvalue weighted by atomic mass is 10.0. The van der Waals surface area contributed by atoms with Crippen molar-refractivity contribution in [2.75, 3.05) is 7.11 Å². The summed E-state index contributed by atoms with van der Waals surface area (Å²) in [6.07, 6.45) is 2.84. The van der Waals surface area contributed by atoms with E-state index < -0.39 is 0 Å². The second-order valence-electron chi connectivity index (χ2n) is 4.59. The molecule has 0 bridgehead atoms. The first-order valence-electron chi connectivity index (χ1n) is 7.10. The largest absolute Gasteiger partial charge is 0.497 e. The molecule has 0 saturated carbocycles. The zero-order valence-corrected chi connectivity index (χ0v) is 12.3. The van der Waals surface area contributed by atoms with E-state index in [4.69, 9.17) is 4.74 Å². The molecular formula is C18H24O2. The Bertz CT molecular complexity index is 439. The average Bonchev–Trinajstić information content (AvgIpc) is 2.54. The monoisotopic (exact) mass is 272 g/mol. The van der Waals surface area contributed by atoms with E-state index in [1.807, 2.05) is 60.7 Å². The van der Waals surface area contributed by atoms with Crippen LogP contribution in [0.5, 0.6) is 5.75 Å². The van der Waals surface area contributed by atoms with Gasteiger partial charge < -0.3 is 9.84 Å². The molecule has 0 fully saturated rings. The molecule has 2 aromatic rings. The number of methoxy groups -OCH3 is 1. The van der Waals surface area contributed by atoms with Crippen LogP contribution in [0.4, 0.5) is 0 Å². The molecule has 0 aliphatic heterocycles. The molecule has 0 radical (unpaired) electrons. The number of rotatable bonds is 5. The fourth-order valence-corrected chi connectivity index (χ4v) is 1.80. The molecule has 0 amide bonds. The molecule has 2 nitrogen and oxygen atoms in total. The Balaban J connectivity index is 0.000000217. The van der Waals surface area contributed by atoms with Crippen LogP contribution in [0.15, 0.2) is 60.7 Å². The number of para-hydroxylation sites is 1. The normalized spacial score (nSPS) is 11.2. The summed E-state index contributed by atoms with van der Waals surface area (Å²) in [5.74, 6) is 0.910. The molecule has 2 heteroatoms. The van der Waals surface area contributed by atoms with Gasteiger partial charge in [-0.2, -0.15) is 0 Å². The first-order valence-corrected chi connectivity index (χ1v) is 7.10. The van der Waals surface area contributed by atoms with Gasteiger partial charge in [-0.25, -0.2) is 0 Å². The zero-order valence-electron chi connectivity index (χ0n) is 12.3. The van der Waals surface area contributed by atoms with Gasteiger partial charge in [0.05, 0.1) is 13.2 Å². The van der Waals surface area contributed by atoms with Gasteiger partial charge in [0.1, 0.15) is 5.75 Å². The molecule has 0 spiro atoms. The number of aliphatic hydroxyl groups is 1. The van der Waals surface area contributed by atoms with Gasteiger partial charge in [0.15, 0.2) is 0 Å². The maximum atomic E-state index is 9.65. The SMILES string of the molecule is CCCCC(O)c1ccccc1.COc1ccccc1. The molecule has 1 unspecified atom stereocenters. The molecule has 0 aliphatic rings. The third kappa shape index (κ3) is 6.39. The van der Waals surface area contributed by atoms with Crippen molar-refractivity contribution in [3.63, 3.8) is 0 Å². The third-order valence-corrected chi connectivity index (χ3v) is 2.99. The predicted octanol–water partition coefficient (Wildman–Crippen LogP) is 4.61. The summed E-state index contributed by atoms with van der Waals surface area (Å²) in [5.41, 5.74) is 1.03. The number of benzene rings is 2. The molecule has 20 heavy (non-hydrogen) atoms. The Morgan fingerprint density at radius 1 is 0.950 bits per heavy atom. The van der Waals surface area contributed by atoms with Gasteiger partial charge >= 0.3 is 0 Å². The molecule has 2 rings (SSSR count). The van der Waals surface area contributed by atoms with Gasteiger partial charge in [-0.05, 0) is 24.1 Å². The van der Waals surface area contributed by atoms with Crippen LogP contribution in [0.2, 0.25) is 0 Å². The van der Waals surface area contributed by atoms with Crippen LogP contribution in [0.25, 0.3) is 0 Å². The predicted molar refractivity (Wildman–Crippen MR) is 83.9 cm³/mol. The van der Waals surface area contributed by atoms with E-state index in [1.54, 1.807) is 7.11 Å². The highest BCUT2D eigenvalue weighted by Crippen LogP contribution is 2.17. The van der Waals surface area contributed by atoms with Crippen LogP contribution >= 0.6 is 0 Å². The molecule has 1 N–H and O–H groups in total. The van der Waals surface area contributed by atoms with Gasteiger partial charge in [-0.3, -0.25) is 0 Å². The van der Waals surface area contributed by atoms with Crippen molar-refractivity contribution >= 4 is 0 Å². The van der Waals surface area contributed by atoms with Crippen molar-refractivity contribution in [2.24, 2.45) is 0 Å². The van der Waals surface area contributed by atoms with Crippen molar-refractivity contribution in [3.05, 3.63) is 66.2 Å². The second kappa shape index (κ2) is 10.0. The van der Waals surface area contributed by atoms with E-state index in [0.29, 0.717) is 0 Å². The highest BCUT2D eigenvalue weighted by atomic mass is 16.5. The highest BCUT2D eigenvalue weighted by Gasteiger charge is 2.04. The molecule has 0 saturated heterocycles. The first-order chi connectivity index (χ1) is 9.77. The van der Waals surface area contributed by atoms with Crippen LogP contribution in [0, 0.1) is 0 Å². The summed E-state index contributed by atoms with van der Waals surface area (Å²) in [6, 6.07) is 19.5. The summed E-state index contributed by atoms with van der Waals surface area (Å²) < 4.78 is 4.91. The highest BCUT2D eigenvalue weighted by molar-refractivity contribution is 5.20. The molecule has 0 aliphatic carbocycles. The average molecular weight is 272 g/mol. The number of aliphatic hydroxyl groups excluding tert-OH is 1. The lowest BCUT2D eigenvalue weighted by Gasteiger charge is -2.09. The first kappa shape index (κ1) is 16.3. The smallest absolute Gasteiger partial charge is 0.118 e. The Kier molecular flexibility index (Phi) is 8.16.